The molecule has 0 aliphatic rings. The number of hydrogen-bond donors (Lipinski definition) is 0. The first-order valence-electron chi connectivity index (χ1n) is 14.0. The molecule has 0 fully saturated rings. The highest BCUT2D eigenvalue weighted by atomic mass is 16.7. The van der Waals surface area contributed by atoms with E-state index in [2.05, 4.69) is 41.5 Å². The van der Waals surface area contributed by atoms with Crippen LogP contribution in [0.4, 0.5) is 0 Å². The van der Waals surface area contributed by atoms with Crippen LogP contribution in [0.3, 0.4) is 0 Å². The van der Waals surface area contributed by atoms with Crippen LogP contribution in [0.1, 0.15) is 138 Å². The van der Waals surface area contributed by atoms with Gasteiger partial charge in [0.2, 0.25) is 0 Å². The molecule has 3 atom stereocenters. The summed E-state index contributed by atoms with van der Waals surface area (Å²) < 4.78 is 18.7. The van der Waals surface area contributed by atoms with Gasteiger partial charge in [0.15, 0.2) is 0 Å². The van der Waals surface area contributed by atoms with E-state index >= 15 is 0 Å². The van der Waals surface area contributed by atoms with Gasteiger partial charge < -0.3 is 14.0 Å². The second-order valence-corrected chi connectivity index (χ2v) is 9.60. The predicted octanol–water partition coefficient (Wildman–Crippen LogP) is 8.84. The summed E-state index contributed by atoms with van der Waals surface area (Å²) in [5, 5.41) is 0. The molecule has 0 aliphatic heterocycles. The van der Waals surface area contributed by atoms with E-state index in [1.54, 1.807) is 0 Å². The molecule has 0 aliphatic carbocycles. The van der Waals surface area contributed by atoms with Gasteiger partial charge in [0.1, 0.15) is 0 Å². The Morgan fingerprint density at radius 1 is 0.452 bits per heavy atom. The van der Waals surface area contributed by atoms with Crippen molar-refractivity contribution in [1.29, 1.82) is 0 Å². The van der Waals surface area contributed by atoms with Crippen molar-refractivity contribution in [3.63, 3.8) is 0 Å². The van der Waals surface area contributed by atoms with Gasteiger partial charge in [-0.3, -0.25) is 0 Å². The van der Waals surface area contributed by atoms with Gasteiger partial charge in [-0.25, -0.2) is 0 Å². The van der Waals surface area contributed by atoms with Crippen molar-refractivity contribution >= 4 is 7.32 Å². The van der Waals surface area contributed by atoms with E-state index in [4.69, 9.17) is 14.0 Å². The Morgan fingerprint density at radius 2 is 0.742 bits per heavy atom. The SMILES string of the molecule is CCCCCC(CC)COB(OCC(CC)CCCCC)OCC(CC)CCCCC. The topological polar surface area (TPSA) is 27.7 Å². The Balaban J connectivity index is 4.66. The average molecular weight is 441 g/mol. The van der Waals surface area contributed by atoms with Crippen molar-refractivity contribution in [2.24, 2.45) is 17.8 Å². The van der Waals surface area contributed by atoms with Gasteiger partial charge in [-0.2, -0.15) is 0 Å². The fourth-order valence-electron chi connectivity index (χ4n) is 4.05. The summed E-state index contributed by atoms with van der Waals surface area (Å²) in [6, 6.07) is 0. The quantitative estimate of drug-likeness (QED) is 0.111. The molecule has 3 unspecified atom stereocenters. The normalized spacial score (nSPS) is 14.5. The highest BCUT2D eigenvalue weighted by Crippen LogP contribution is 2.19. The molecule has 0 saturated carbocycles. The lowest BCUT2D eigenvalue weighted by atomic mass is 9.97. The Hall–Kier alpha value is -0.0551. The van der Waals surface area contributed by atoms with Crippen molar-refractivity contribution in [3.05, 3.63) is 0 Å². The first kappa shape index (κ1) is 30.9. The van der Waals surface area contributed by atoms with Crippen molar-refractivity contribution in [2.45, 2.75) is 138 Å². The number of unbranched alkanes of at least 4 members (excludes halogenated alkanes) is 6. The Labute approximate surface area is 196 Å². The van der Waals surface area contributed by atoms with E-state index in [9.17, 15) is 0 Å². The first-order chi connectivity index (χ1) is 15.1. The van der Waals surface area contributed by atoms with Crippen molar-refractivity contribution in [1.82, 2.24) is 0 Å². The minimum atomic E-state index is -0.499. The van der Waals surface area contributed by atoms with Gasteiger partial charge in [0.25, 0.3) is 0 Å². The predicted molar refractivity (Wildman–Crippen MR) is 137 cm³/mol. The third-order valence-corrected chi connectivity index (χ3v) is 6.78. The maximum absolute atomic E-state index is 6.22. The monoisotopic (exact) mass is 440 g/mol. The zero-order chi connectivity index (χ0) is 23.2. The van der Waals surface area contributed by atoms with Crippen LogP contribution in [0.5, 0.6) is 0 Å². The summed E-state index contributed by atoms with van der Waals surface area (Å²) in [5.41, 5.74) is 0. The van der Waals surface area contributed by atoms with E-state index < -0.39 is 7.32 Å². The molecule has 0 aromatic carbocycles. The zero-order valence-electron chi connectivity index (χ0n) is 22.3. The number of hydrogen-bond acceptors (Lipinski definition) is 3. The molecule has 31 heavy (non-hydrogen) atoms. The van der Waals surface area contributed by atoms with Gasteiger partial charge in [0, 0.05) is 19.8 Å². The maximum Gasteiger partial charge on any atom is 0.639 e. The van der Waals surface area contributed by atoms with Crippen molar-refractivity contribution in [2.75, 3.05) is 19.8 Å². The lowest BCUT2D eigenvalue weighted by molar-refractivity contribution is 0.0533. The fraction of sp³-hybridized carbons (Fsp3) is 1.00. The molecular formula is C27H57BO3. The second kappa shape index (κ2) is 23.1. The summed E-state index contributed by atoms with van der Waals surface area (Å²) in [4.78, 5) is 0. The van der Waals surface area contributed by atoms with Gasteiger partial charge in [-0.15, -0.1) is 0 Å². The van der Waals surface area contributed by atoms with E-state index in [-0.39, 0.29) is 0 Å². The second-order valence-electron chi connectivity index (χ2n) is 9.60. The molecule has 0 heterocycles. The molecule has 0 amide bonds. The van der Waals surface area contributed by atoms with Crippen LogP contribution in [0, 0.1) is 17.8 Å². The van der Waals surface area contributed by atoms with E-state index in [1.165, 1.54) is 96.3 Å². The van der Waals surface area contributed by atoms with Gasteiger partial charge >= 0.3 is 7.32 Å². The van der Waals surface area contributed by atoms with Crippen LogP contribution in [-0.2, 0) is 14.0 Å². The molecule has 186 valence electrons. The molecule has 4 heteroatoms. The summed E-state index contributed by atoms with van der Waals surface area (Å²) in [7, 11) is -0.499. The average Bonchev–Trinajstić information content (AvgIpc) is 2.79. The zero-order valence-corrected chi connectivity index (χ0v) is 22.3. The molecule has 0 aromatic heterocycles. The summed E-state index contributed by atoms with van der Waals surface area (Å²) in [6.45, 7) is 15.9. The molecule has 0 aromatic rings. The lowest BCUT2D eigenvalue weighted by Gasteiger charge is -2.23. The van der Waals surface area contributed by atoms with Crippen LogP contribution in [0.2, 0.25) is 0 Å². The minimum absolute atomic E-state index is 0.499. The largest absolute Gasteiger partial charge is 0.639 e. The summed E-state index contributed by atoms with van der Waals surface area (Å²) >= 11 is 0. The molecule has 0 spiro atoms. The van der Waals surface area contributed by atoms with Crippen LogP contribution >= 0.6 is 0 Å². The molecule has 0 N–H and O–H groups in total. The van der Waals surface area contributed by atoms with Crippen LogP contribution in [0.15, 0.2) is 0 Å². The van der Waals surface area contributed by atoms with Crippen LogP contribution in [0.25, 0.3) is 0 Å². The summed E-state index contributed by atoms with van der Waals surface area (Å²) in [6.07, 6.45) is 18.9. The third-order valence-electron chi connectivity index (χ3n) is 6.78. The highest BCUT2D eigenvalue weighted by molar-refractivity contribution is 6.36. The van der Waals surface area contributed by atoms with Gasteiger partial charge in [-0.05, 0) is 37.0 Å². The van der Waals surface area contributed by atoms with Gasteiger partial charge in [-0.1, -0.05) is 119 Å². The Kier molecular flexibility index (Phi) is 23.1. The highest BCUT2D eigenvalue weighted by Gasteiger charge is 2.25. The molecule has 0 bridgehead atoms. The third kappa shape index (κ3) is 18.1. The summed E-state index contributed by atoms with van der Waals surface area (Å²) in [5.74, 6) is 1.83. The van der Waals surface area contributed by atoms with Crippen LogP contribution < -0.4 is 0 Å². The van der Waals surface area contributed by atoms with Crippen LogP contribution in [-0.4, -0.2) is 27.1 Å². The van der Waals surface area contributed by atoms with Crippen molar-refractivity contribution < 1.29 is 14.0 Å². The molecule has 0 saturated heterocycles. The molecular weight excluding hydrogens is 383 g/mol. The van der Waals surface area contributed by atoms with E-state index in [1.807, 2.05) is 0 Å². The number of rotatable bonds is 24. The van der Waals surface area contributed by atoms with E-state index in [0.717, 1.165) is 19.8 Å². The first-order valence-corrected chi connectivity index (χ1v) is 14.0. The molecule has 0 radical (unpaired) electrons. The van der Waals surface area contributed by atoms with Gasteiger partial charge in [0.05, 0.1) is 0 Å². The lowest BCUT2D eigenvalue weighted by Crippen LogP contribution is -2.33. The maximum atomic E-state index is 6.22. The molecule has 3 nitrogen and oxygen atoms in total. The smallest absolute Gasteiger partial charge is 0.386 e. The standard InChI is InChI=1S/C27H57BO3/c1-7-13-16-19-25(10-4)22-29-28(30-23-26(11-5)20-17-14-8-2)31-24-27(12-6)21-18-15-9-3/h25-27H,7-24H2,1-6H3. The Bertz CT molecular complexity index is 301. The minimum Gasteiger partial charge on any atom is -0.386 e. The molecule has 0 rings (SSSR count). The van der Waals surface area contributed by atoms with Crippen molar-refractivity contribution in [3.8, 4) is 0 Å². The fourth-order valence-corrected chi connectivity index (χ4v) is 4.05. The van der Waals surface area contributed by atoms with E-state index in [0.29, 0.717) is 17.8 Å². The Morgan fingerprint density at radius 3 is 0.968 bits per heavy atom.